The van der Waals surface area contributed by atoms with E-state index >= 15 is 0 Å². The van der Waals surface area contributed by atoms with Gasteiger partial charge in [0.1, 0.15) is 5.76 Å². The molecule has 1 aromatic heterocycles. The molecule has 0 unspecified atom stereocenters. The summed E-state index contributed by atoms with van der Waals surface area (Å²) < 4.78 is 31.9. The lowest BCUT2D eigenvalue weighted by molar-refractivity contribution is 0.406. The number of benzene rings is 1. The van der Waals surface area contributed by atoms with Gasteiger partial charge in [0.2, 0.25) is 10.0 Å². The molecular weight excluding hydrogens is 365 g/mol. The van der Waals surface area contributed by atoms with E-state index in [9.17, 15) is 8.42 Å². The van der Waals surface area contributed by atoms with Crippen molar-refractivity contribution in [2.75, 3.05) is 7.05 Å². The zero-order chi connectivity index (χ0) is 13.2. The van der Waals surface area contributed by atoms with Crippen LogP contribution in [0.4, 0.5) is 0 Å². The van der Waals surface area contributed by atoms with Crippen LogP contribution in [0.3, 0.4) is 0 Å². The highest BCUT2D eigenvalue weighted by molar-refractivity contribution is 14.1. The second-order valence-corrected chi connectivity index (χ2v) is 7.08. The van der Waals surface area contributed by atoms with Crippen LogP contribution in [-0.2, 0) is 16.6 Å². The van der Waals surface area contributed by atoms with E-state index < -0.39 is 10.0 Å². The average molecular weight is 377 g/mol. The van der Waals surface area contributed by atoms with Crippen LogP contribution >= 0.6 is 22.6 Å². The topological polar surface area (TPSA) is 50.5 Å². The quantitative estimate of drug-likeness (QED) is 0.770. The molecule has 1 aromatic carbocycles. The molecule has 0 saturated heterocycles. The minimum Gasteiger partial charge on any atom is -0.468 e. The second-order valence-electron chi connectivity index (χ2n) is 3.79. The van der Waals surface area contributed by atoms with Crippen molar-refractivity contribution in [3.05, 3.63) is 52.0 Å². The molecule has 4 nitrogen and oxygen atoms in total. The normalized spacial score (nSPS) is 11.9. The van der Waals surface area contributed by atoms with E-state index in [0.717, 1.165) is 3.57 Å². The van der Waals surface area contributed by atoms with Gasteiger partial charge < -0.3 is 4.42 Å². The van der Waals surface area contributed by atoms with Crippen LogP contribution in [0.25, 0.3) is 0 Å². The van der Waals surface area contributed by atoms with Crippen LogP contribution in [0.5, 0.6) is 0 Å². The Kier molecular flexibility index (Phi) is 4.08. The van der Waals surface area contributed by atoms with Crippen LogP contribution < -0.4 is 0 Å². The molecular formula is C12H12INO3S. The van der Waals surface area contributed by atoms with Gasteiger partial charge in [0.15, 0.2) is 0 Å². The highest BCUT2D eigenvalue weighted by atomic mass is 127. The number of hydrogen-bond donors (Lipinski definition) is 0. The molecule has 18 heavy (non-hydrogen) atoms. The standard InChI is InChI=1S/C12H12INO3S/c1-14(9-11-3-2-8-17-11)18(15,16)12-6-4-10(13)5-7-12/h2-8H,9H2,1H3. The van der Waals surface area contributed by atoms with Gasteiger partial charge >= 0.3 is 0 Å². The Hall–Kier alpha value is -0.860. The zero-order valence-electron chi connectivity index (χ0n) is 9.71. The lowest BCUT2D eigenvalue weighted by Gasteiger charge is -2.15. The number of furan rings is 1. The SMILES string of the molecule is CN(Cc1ccco1)S(=O)(=O)c1ccc(I)cc1. The van der Waals surface area contributed by atoms with Gasteiger partial charge in [0, 0.05) is 10.6 Å². The number of rotatable bonds is 4. The van der Waals surface area contributed by atoms with Crippen molar-refractivity contribution < 1.29 is 12.8 Å². The molecule has 0 bridgehead atoms. The molecule has 0 aliphatic heterocycles. The van der Waals surface area contributed by atoms with E-state index in [1.54, 1.807) is 36.4 Å². The van der Waals surface area contributed by atoms with Crippen LogP contribution in [0, 0.1) is 3.57 Å². The molecule has 1 heterocycles. The molecule has 0 saturated carbocycles. The molecule has 0 spiro atoms. The van der Waals surface area contributed by atoms with Crippen molar-refractivity contribution in [2.45, 2.75) is 11.4 Å². The molecule has 0 fully saturated rings. The van der Waals surface area contributed by atoms with E-state index in [4.69, 9.17) is 4.42 Å². The van der Waals surface area contributed by atoms with Gasteiger partial charge in [-0.2, -0.15) is 4.31 Å². The monoisotopic (exact) mass is 377 g/mol. The summed E-state index contributed by atoms with van der Waals surface area (Å²) in [5, 5.41) is 0. The summed E-state index contributed by atoms with van der Waals surface area (Å²) in [4.78, 5) is 0.289. The Morgan fingerprint density at radius 3 is 2.44 bits per heavy atom. The lowest BCUT2D eigenvalue weighted by atomic mass is 10.4. The Bertz CT molecular complexity index is 605. The molecule has 0 atom stereocenters. The Balaban J connectivity index is 2.22. The first kappa shape index (κ1) is 13.6. The van der Waals surface area contributed by atoms with Gasteiger partial charge in [0.25, 0.3) is 0 Å². The third-order valence-electron chi connectivity index (χ3n) is 2.48. The van der Waals surface area contributed by atoms with Crippen molar-refractivity contribution >= 4 is 32.6 Å². The molecule has 6 heteroatoms. The first-order valence-corrected chi connectivity index (χ1v) is 7.76. The van der Waals surface area contributed by atoms with Crippen LogP contribution in [-0.4, -0.2) is 19.8 Å². The number of halogens is 1. The van der Waals surface area contributed by atoms with Crippen molar-refractivity contribution in [2.24, 2.45) is 0 Å². The molecule has 0 radical (unpaired) electrons. The van der Waals surface area contributed by atoms with Crippen molar-refractivity contribution in [3.63, 3.8) is 0 Å². The van der Waals surface area contributed by atoms with Crippen LogP contribution in [0.1, 0.15) is 5.76 Å². The summed E-state index contributed by atoms with van der Waals surface area (Å²) >= 11 is 2.14. The highest BCUT2D eigenvalue weighted by Gasteiger charge is 2.21. The third kappa shape index (κ3) is 2.93. The molecule has 96 valence electrons. The summed E-state index contributed by atoms with van der Waals surface area (Å²) in [7, 11) is -1.92. The molecule has 2 aromatic rings. The zero-order valence-corrected chi connectivity index (χ0v) is 12.7. The van der Waals surface area contributed by atoms with E-state index in [1.165, 1.54) is 17.6 Å². The number of nitrogens with zero attached hydrogens (tertiary/aromatic N) is 1. The summed E-state index contributed by atoms with van der Waals surface area (Å²) in [5.74, 6) is 0.617. The fourth-order valence-electron chi connectivity index (χ4n) is 1.49. The maximum Gasteiger partial charge on any atom is 0.243 e. The molecule has 0 N–H and O–H groups in total. The predicted octanol–water partition coefficient (Wildman–Crippen LogP) is 2.70. The van der Waals surface area contributed by atoms with Gasteiger partial charge in [-0.05, 0) is 59.0 Å². The van der Waals surface area contributed by atoms with Gasteiger partial charge in [-0.3, -0.25) is 0 Å². The molecule has 0 aliphatic carbocycles. The Labute approximate surface area is 120 Å². The molecule has 2 rings (SSSR count). The minimum atomic E-state index is -3.46. The smallest absolute Gasteiger partial charge is 0.243 e. The minimum absolute atomic E-state index is 0.224. The van der Waals surface area contributed by atoms with Crippen LogP contribution in [0.2, 0.25) is 0 Å². The number of sulfonamides is 1. The third-order valence-corrected chi connectivity index (χ3v) is 5.02. The fraction of sp³-hybridized carbons (Fsp3) is 0.167. The van der Waals surface area contributed by atoms with Gasteiger partial charge in [-0.25, -0.2) is 8.42 Å². The van der Waals surface area contributed by atoms with Crippen molar-refractivity contribution in [1.82, 2.24) is 4.31 Å². The maximum absolute atomic E-state index is 12.3. The summed E-state index contributed by atoms with van der Waals surface area (Å²) in [6.07, 6.45) is 1.53. The van der Waals surface area contributed by atoms with Gasteiger partial charge in [-0.15, -0.1) is 0 Å². The first-order valence-electron chi connectivity index (χ1n) is 5.24. The van der Waals surface area contributed by atoms with E-state index in [-0.39, 0.29) is 11.4 Å². The molecule has 0 aliphatic rings. The van der Waals surface area contributed by atoms with E-state index in [0.29, 0.717) is 5.76 Å². The largest absolute Gasteiger partial charge is 0.468 e. The van der Waals surface area contributed by atoms with Crippen LogP contribution in [0.15, 0.2) is 52.0 Å². The Morgan fingerprint density at radius 1 is 1.22 bits per heavy atom. The summed E-state index contributed by atoms with van der Waals surface area (Å²) in [6.45, 7) is 0.224. The van der Waals surface area contributed by atoms with Gasteiger partial charge in [-0.1, -0.05) is 0 Å². The second kappa shape index (κ2) is 5.41. The Morgan fingerprint density at radius 2 is 1.89 bits per heavy atom. The van der Waals surface area contributed by atoms with Gasteiger partial charge in [0.05, 0.1) is 17.7 Å². The molecule has 0 amide bonds. The fourth-order valence-corrected chi connectivity index (χ4v) is 2.99. The predicted molar refractivity (Wildman–Crippen MR) is 76.5 cm³/mol. The summed E-state index contributed by atoms with van der Waals surface area (Å²) in [6, 6.07) is 10.2. The highest BCUT2D eigenvalue weighted by Crippen LogP contribution is 2.18. The van der Waals surface area contributed by atoms with Crippen molar-refractivity contribution in [3.8, 4) is 0 Å². The van der Waals surface area contributed by atoms with Crippen molar-refractivity contribution in [1.29, 1.82) is 0 Å². The first-order chi connectivity index (χ1) is 8.50. The lowest BCUT2D eigenvalue weighted by Crippen LogP contribution is -2.26. The summed E-state index contributed by atoms with van der Waals surface area (Å²) in [5.41, 5.74) is 0. The average Bonchev–Trinajstić information content (AvgIpc) is 2.82. The number of hydrogen-bond acceptors (Lipinski definition) is 3. The maximum atomic E-state index is 12.3. The van der Waals surface area contributed by atoms with E-state index in [2.05, 4.69) is 22.6 Å². The van der Waals surface area contributed by atoms with E-state index in [1.807, 2.05) is 0 Å².